The van der Waals surface area contributed by atoms with Crippen molar-refractivity contribution in [2.75, 3.05) is 5.32 Å². The molecule has 0 radical (unpaired) electrons. The third-order valence-corrected chi connectivity index (χ3v) is 1.53. The van der Waals surface area contributed by atoms with Gasteiger partial charge < -0.3 is 5.11 Å². The molecular formula is C7H10N4O3. The maximum absolute atomic E-state index is 11.1. The maximum atomic E-state index is 11.1. The number of aromatic nitrogens is 3. The fourth-order valence-electron chi connectivity index (χ4n) is 0.817. The zero-order chi connectivity index (χ0) is 10.6. The minimum atomic E-state index is -1.00. The molecule has 1 aromatic rings. The number of nitrogens with zero attached hydrogens (tertiary/aromatic N) is 3. The van der Waals surface area contributed by atoms with Gasteiger partial charge in [0, 0.05) is 13.5 Å². The number of amides is 1. The van der Waals surface area contributed by atoms with Gasteiger partial charge in [-0.2, -0.15) is 10.1 Å². The summed E-state index contributed by atoms with van der Waals surface area (Å²) in [7, 11) is 1.62. The van der Waals surface area contributed by atoms with Gasteiger partial charge in [0.05, 0.1) is 6.42 Å². The number of carbonyl (C=O) groups is 2. The van der Waals surface area contributed by atoms with Crippen LogP contribution in [0, 0.1) is 0 Å². The number of aryl methyl sites for hydroxylation is 1. The molecule has 0 aliphatic heterocycles. The summed E-state index contributed by atoms with van der Waals surface area (Å²) >= 11 is 0. The van der Waals surface area contributed by atoms with E-state index >= 15 is 0 Å². The fourth-order valence-corrected chi connectivity index (χ4v) is 0.817. The van der Waals surface area contributed by atoms with E-state index in [2.05, 4.69) is 15.4 Å². The molecule has 0 aliphatic rings. The SMILES string of the molecule is Cn1ncnc1NC(=O)CCC(=O)O. The fraction of sp³-hybridized carbons (Fsp3) is 0.429. The molecular weight excluding hydrogens is 188 g/mol. The van der Waals surface area contributed by atoms with E-state index in [0.29, 0.717) is 5.95 Å². The quantitative estimate of drug-likeness (QED) is 0.687. The van der Waals surface area contributed by atoms with Crippen molar-refractivity contribution in [3.63, 3.8) is 0 Å². The minimum absolute atomic E-state index is 0.0673. The number of carbonyl (C=O) groups excluding carboxylic acids is 1. The summed E-state index contributed by atoms with van der Waals surface area (Å²) in [6.07, 6.45) is 1.04. The molecule has 76 valence electrons. The number of rotatable bonds is 4. The lowest BCUT2D eigenvalue weighted by Crippen LogP contribution is -2.16. The van der Waals surface area contributed by atoms with Gasteiger partial charge in [0.25, 0.3) is 0 Å². The van der Waals surface area contributed by atoms with Gasteiger partial charge in [-0.1, -0.05) is 0 Å². The number of carboxylic acids is 1. The van der Waals surface area contributed by atoms with Gasteiger partial charge in [-0.25, -0.2) is 4.68 Å². The van der Waals surface area contributed by atoms with Crippen molar-refractivity contribution in [2.24, 2.45) is 7.05 Å². The molecule has 1 rings (SSSR count). The third-order valence-electron chi connectivity index (χ3n) is 1.53. The number of carboxylic acid groups (broad SMARTS) is 1. The second-order valence-electron chi connectivity index (χ2n) is 2.65. The Balaban J connectivity index is 2.42. The monoisotopic (exact) mass is 198 g/mol. The van der Waals surface area contributed by atoms with Gasteiger partial charge in [-0.15, -0.1) is 0 Å². The second-order valence-corrected chi connectivity index (χ2v) is 2.65. The van der Waals surface area contributed by atoms with E-state index in [0.717, 1.165) is 0 Å². The summed E-state index contributed by atoms with van der Waals surface area (Å²) in [5.74, 6) is -1.08. The summed E-state index contributed by atoms with van der Waals surface area (Å²) in [6, 6.07) is 0. The highest BCUT2D eigenvalue weighted by Gasteiger charge is 2.08. The van der Waals surface area contributed by atoms with E-state index in [1.54, 1.807) is 7.05 Å². The highest BCUT2D eigenvalue weighted by Crippen LogP contribution is 1.99. The normalized spacial score (nSPS) is 9.79. The smallest absolute Gasteiger partial charge is 0.303 e. The molecule has 2 N–H and O–H groups in total. The van der Waals surface area contributed by atoms with Crippen LogP contribution in [0.2, 0.25) is 0 Å². The number of nitrogens with one attached hydrogen (secondary N) is 1. The standard InChI is InChI=1S/C7H10N4O3/c1-11-7(8-4-9-11)10-5(12)2-3-6(13)14/h4H,2-3H2,1H3,(H,13,14)(H,8,9,10,12). The first-order valence-electron chi connectivity index (χ1n) is 3.95. The highest BCUT2D eigenvalue weighted by molar-refractivity contribution is 5.90. The summed E-state index contributed by atoms with van der Waals surface area (Å²) in [4.78, 5) is 25.0. The molecule has 7 heteroatoms. The molecule has 0 saturated heterocycles. The summed E-state index contributed by atoms with van der Waals surface area (Å²) in [5.41, 5.74) is 0. The molecule has 14 heavy (non-hydrogen) atoms. The van der Waals surface area contributed by atoms with Crippen molar-refractivity contribution in [1.82, 2.24) is 14.8 Å². The Bertz CT molecular complexity index is 346. The van der Waals surface area contributed by atoms with Crippen LogP contribution < -0.4 is 5.32 Å². The Morgan fingerprint density at radius 2 is 2.29 bits per heavy atom. The van der Waals surface area contributed by atoms with Crippen LogP contribution in [0.5, 0.6) is 0 Å². The second kappa shape index (κ2) is 4.35. The molecule has 0 aromatic carbocycles. The van der Waals surface area contributed by atoms with Crippen LogP contribution in [0.1, 0.15) is 12.8 Å². The minimum Gasteiger partial charge on any atom is -0.481 e. The Kier molecular flexibility index (Phi) is 3.16. The molecule has 7 nitrogen and oxygen atoms in total. The maximum Gasteiger partial charge on any atom is 0.303 e. The Labute approximate surface area is 79.8 Å². The van der Waals surface area contributed by atoms with Gasteiger partial charge in [0.15, 0.2) is 0 Å². The lowest BCUT2D eigenvalue weighted by Gasteiger charge is -2.01. The lowest BCUT2D eigenvalue weighted by atomic mass is 10.3. The molecule has 1 aromatic heterocycles. The van der Waals surface area contributed by atoms with E-state index in [-0.39, 0.29) is 18.7 Å². The number of hydrogen-bond donors (Lipinski definition) is 2. The Morgan fingerprint density at radius 3 is 2.79 bits per heavy atom. The molecule has 0 saturated carbocycles. The molecule has 0 aliphatic carbocycles. The van der Waals surface area contributed by atoms with Crippen LogP contribution in [0.15, 0.2) is 6.33 Å². The molecule has 0 unspecified atom stereocenters. The molecule has 0 atom stereocenters. The van der Waals surface area contributed by atoms with Crippen molar-refractivity contribution >= 4 is 17.8 Å². The predicted octanol–water partition coefficient (Wildman–Crippen LogP) is -0.382. The first-order valence-corrected chi connectivity index (χ1v) is 3.95. The largest absolute Gasteiger partial charge is 0.481 e. The van der Waals surface area contributed by atoms with Gasteiger partial charge in [0.1, 0.15) is 6.33 Å². The zero-order valence-electron chi connectivity index (χ0n) is 7.60. The predicted molar refractivity (Wildman–Crippen MR) is 46.5 cm³/mol. The van der Waals surface area contributed by atoms with Gasteiger partial charge in [0.2, 0.25) is 11.9 Å². The Hall–Kier alpha value is -1.92. The van der Waals surface area contributed by atoms with Crippen LogP contribution in [0.4, 0.5) is 5.95 Å². The first kappa shape index (κ1) is 10.2. The van der Waals surface area contributed by atoms with E-state index in [1.165, 1.54) is 11.0 Å². The third kappa shape index (κ3) is 2.85. The van der Waals surface area contributed by atoms with Gasteiger partial charge >= 0.3 is 5.97 Å². The van der Waals surface area contributed by atoms with Gasteiger partial charge in [-0.3, -0.25) is 14.9 Å². The number of anilines is 1. The summed E-state index contributed by atoms with van der Waals surface area (Å²) in [5, 5.41) is 14.5. The topological polar surface area (TPSA) is 97.1 Å². The number of hydrogen-bond acceptors (Lipinski definition) is 4. The average Bonchev–Trinajstić information content (AvgIpc) is 2.49. The van der Waals surface area contributed by atoms with Crippen molar-refractivity contribution in [3.05, 3.63) is 6.33 Å². The summed E-state index contributed by atoms with van der Waals surface area (Å²) in [6.45, 7) is 0. The van der Waals surface area contributed by atoms with E-state index in [4.69, 9.17) is 5.11 Å². The highest BCUT2D eigenvalue weighted by atomic mass is 16.4. The number of aliphatic carboxylic acids is 1. The molecule has 0 bridgehead atoms. The van der Waals surface area contributed by atoms with Crippen LogP contribution in [0.25, 0.3) is 0 Å². The van der Waals surface area contributed by atoms with Crippen molar-refractivity contribution in [2.45, 2.75) is 12.8 Å². The summed E-state index contributed by atoms with van der Waals surface area (Å²) < 4.78 is 1.39. The van der Waals surface area contributed by atoms with E-state index in [9.17, 15) is 9.59 Å². The van der Waals surface area contributed by atoms with Crippen molar-refractivity contribution in [3.8, 4) is 0 Å². The van der Waals surface area contributed by atoms with Crippen molar-refractivity contribution in [1.29, 1.82) is 0 Å². The first-order chi connectivity index (χ1) is 6.59. The zero-order valence-corrected chi connectivity index (χ0v) is 7.60. The van der Waals surface area contributed by atoms with Crippen LogP contribution in [0.3, 0.4) is 0 Å². The van der Waals surface area contributed by atoms with Crippen LogP contribution >= 0.6 is 0 Å². The molecule has 1 heterocycles. The van der Waals surface area contributed by atoms with E-state index < -0.39 is 5.97 Å². The lowest BCUT2D eigenvalue weighted by molar-refractivity contribution is -0.138. The van der Waals surface area contributed by atoms with Crippen LogP contribution in [-0.4, -0.2) is 31.7 Å². The van der Waals surface area contributed by atoms with Gasteiger partial charge in [-0.05, 0) is 0 Å². The molecule has 0 spiro atoms. The van der Waals surface area contributed by atoms with Crippen LogP contribution in [-0.2, 0) is 16.6 Å². The average molecular weight is 198 g/mol. The van der Waals surface area contributed by atoms with E-state index in [1.807, 2.05) is 0 Å². The molecule has 0 fully saturated rings. The van der Waals surface area contributed by atoms with Crippen molar-refractivity contribution < 1.29 is 14.7 Å². The Morgan fingerprint density at radius 1 is 1.57 bits per heavy atom. The molecule has 1 amide bonds.